The summed E-state index contributed by atoms with van der Waals surface area (Å²) in [7, 11) is 0. The number of aryl methyl sites for hydroxylation is 2. The Morgan fingerprint density at radius 2 is 0.974 bits per heavy atom. The third-order valence-electron chi connectivity index (χ3n) is 7.50. The van der Waals surface area contributed by atoms with Crippen molar-refractivity contribution in [1.29, 1.82) is 0 Å². The van der Waals surface area contributed by atoms with Crippen molar-refractivity contribution in [2.75, 3.05) is 54.0 Å². The first-order chi connectivity index (χ1) is 18.4. The largest absolute Gasteiger partial charge is 0.372 e. The molecule has 0 aliphatic heterocycles. The third-order valence-corrected chi connectivity index (χ3v) is 7.50. The van der Waals surface area contributed by atoms with Crippen LogP contribution in [0.3, 0.4) is 0 Å². The van der Waals surface area contributed by atoms with Gasteiger partial charge in [-0.05, 0) is 93.6 Å². The molecule has 0 unspecified atom stereocenters. The van der Waals surface area contributed by atoms with Gasteiger partial charge in [-0.3, -0.25) is 0 Å². The first kappa shape index (κ1) is 29.0. The van der Waals surface area contributed by atoms with Crippen molar-refractivity contribution in [2.24, 2.45) is 0 Å². The van der Waals surface area contributed by atoms with Gasteiger partial charge in [0, 0.05) is 49.2 Å². The van der Waals surface area contributed by atoms with Crippen LogP contribution in [0, 0.1) is 13.8 Å². The molecule has 0 aromatic heterocycles. The summed E-state index contributed by atoms with van der Waals surface area (Å²) in [5.74, 6) is 0.0588. The fourth-order valence-corrected chi connectivity index (χ4v) is 5.45. The van der Waals surface area contributed by atoms with Crippen LogP contribution in [0.1, 0.15) is 61.4 Å². The highest BCUT2D eigenvalue weighted by Crippen LogP contribution is 2.37. The van der Waals surface area contributed by atoms with Gasteiger partial charge in [0.15, 0.2) is 0 Å². The normalized spacial score (nSPS) is 10.9. The summed E-state index contributed by atoms with van der Waals surface area (Å²) in [6, 6.07) is 22.2. The maximum absolute atomic E-state index is 11.2. The highest BCUT2D eigenvalue weighted by molar-refractivity contribution is 5.66. The van der Waals surface area contributed by atoms with Crippen molar-refractivity contribution >= 4 is 29.6 Å². The molecule has 5 nitrogen and oxygen atoms in total. The molecule has 0 radical (unpaired) electrons. The minimum Gasteiger partial charge on any atom is -0.372 e. The summed E-state index contributed by atoms with van der Waals surface area (Å²) >= 11 is 0. The van der Waals surface area contributed by atoms with Crippen LogP contribution in [-0.4, -0.2) is 51.8 Å². The van der Waals surface area contributed by atoms with Gasteiger partial charge in [0.05, 0.1) is 13.1 Å². The van der Waals surface area contributed by atoms with Gasteiger partial charge in [-0.15, -0.1) is 0 Å². The molecule has 38 heavy (non-hydrogen) atoms. The topological polar surface area (TPSA) is 43.9 Å². The van der Waals surface area contributed by atoms with Gasteiger partial charge in [-0.25, -0.2) is 0 Å². The summed E-state index contributed by atoms with van der Waals surface area (Å²) in [5.41, 5.74) is 9.42. The molecule has 0 amide bonds. The maximum atomic E-state index is 11.2. The van der Waals surface area contributed by atoms with Crippen LogP contribution in [0.25, 0.3) is 0 Å². The quantitative estimate of drug-likeness (QED) is 0.185. The molecule has 0 spiro atoms. The number of carbonyl (C=O) groups is 2. The Morgan fingerprint density at radius 3 is 1.32 bits per heavy atom. The molecular weight excluding hydrogens is 470 g/mol. The van der Waals surface area contributed by atoms with E-state index in [1.54, 1.807) is 0 Å². The average Bonchev–Trinajstić information content (AvgIpc) is 2.93. The van der Waals surface area contributed by atoms with Crippen LogP contribution < -0.4 is 14.7 Å². The number of benzene rings is 3. The fourth-order valence-electron chi connectivity index (χ4n) is 5.45. The molecular formula is C33H43N3O2. The molecule has 202 valence electrons. The minimum atomic E-state index is 0.0588. The number of carbonyl (C=O) groups excluding carboxylic acids is 2. The monoisotopic (exact) mass is 513 g/mol. The lowest BCUT2D eigenvalue weighted by atomic mass is 9.83. The van der Waals surface area contributed by atoms with Crippen molar-refractivity contribution in [3.8, 4) is 0 Å². The first-order valence-corrected chi connectivity index (χ1v) is 13.8. The number of hydrogen-bond donors (Lipinski definition) is 0. The zero-order valence-corrected chi connectivity index (χ0v) is 23.9. The van der Waals surface area contributed by atoms with E-state index in [1.807, 2.05) is 0 Å². The summed E-state index contributed by atoms with van der Waals surface area (Å²) in [6.07, 6.45) is 1.93. The minimum absolute atomic E-state index is 0.0588. The lowest BCUT2D eigenvalue weighted by Crippen LogP contribution is -2.25. The summed E-state index contributed by atoms with van der Waals surface area (Å²) in [4.78, 5) is 29.0. The van der Waals surface area contributed by atoms with Crippen LogP contribution in [0.5, 0.6) is 0 Å². The Balaban J connectivity index is 2.12. The molecule has 0 saturated carbocycles. The average molecular weight is 514 g/mol. The molecule has 0 N–H and O–H groups in total. The Morgan fingerprint density at radius 1 is 0.579 bits per heavy atom. The molecule has 3 rings (SSSR count). The van der Waals surface area contributed by atoms with Crippen LogP contribution in [0.2, 0.25) is 0 Å². The third kappa shape index (κ3) is 6.45. The smallest absolute Gasteiger partial charge is 0.139 e. The zero-order valence-electron chi connectivity index (χ0n) is 23.9. The Kier molecular flexibility index (Phi) is 10.5. The van der Waals surface area contributed by atoms with E-state index in [0.717, 1.165) is 61.3 Å². The fraction of sp³-hybridized carbons (Fsp3) is 0.394. The highest BCUT2D eigenvalue weighted by atomic mass is 16.1. The number of rotatable bonds is 14. The van der Waals surface area contributed by atoms with Gasteiger partial charge in [0.25, 0.3) is 0 Å². The number of aldehydes is 2. The summed E-state index contributed by atoms with van der Waals surface area (Å²) < 4.78 is 0. The van der Waals surface area contributed by atoms with Crippen molar-refractivity contribution in [3.63, 3.8) is 0 Å². The second-order valence-electron chi connectivity index (χ2n) is 9.70. The van der Waals surface area contributed by atoms with Gasteiger partial charge in [-0.1, -0.05) is 36.4 Å². The summed E-state index contributed by atoms with van der Waals surface area (Å²) in [6.45, 7) is 17.1. The molecule has 3 aromatic rings. The van der Waals surface area contributed by atoms with E-state index in [-0.39, 0.29) is 5.92 Å². The number of nitrogens with zero attached hydrogens (tertiary/aromatic N) is 3. The molecule has 0 aliphatic rings. The van der Waals surface area contributed by atoms with Crippen molar-refractivity contribution in [3.05, 3.63) is 88.5 Å². The van der Waals surface area contributed by atoms with Gasteiger partial charge in [0.2, 0.25) is 0 Å². The van der Waals surface area contributed by atoms with Gasteiger partial charge in [0.1, 0.15) is 12.6 Å². The van der Waals surface area contributed by atoms with Crippen molar-refractivity contribution in [2.45, 2.75) is 47.5 Å². The van der Waals surface area contributed by atoms with Crippen LogP contribution in [-0.2, 0) is 9.59 Å². The lowest BCUT2D eigenvalue weighted by molar-refractivity contribution is -0.107. The maximum Gasteiger partial charge on any atom is 0.139 e. The molecule has 0 bridgehead atoms. The van der Waals surface area contributed by atoms with E-state index >= 15 is 0 Å². The van der Waals surface area contributed by atoms with Crippen molar-refractivity contribution < 1.29 is 9.59 Å². The first-order valence-electron chi connectivity index (χ1n) is 13.8. The standard InChI is InChI=1S/C33H43N3O2/c1-7-34(8-2)30-15-11-27(12-16-30)33(28-13-17-31(25(5)23-28)35(9-3)19-21-37)29-14-18-32(26(6)24-29)36(10-4)20-22-38/h11-18,21-24,33H,7-10,19-20H2,1-6H3. The summed E-state index contributed by atoms with van der Waals surface area (Å²) in [5, 5.41) is 0. The van der Waals surface area contributed by atoms with E-state index < -0.39 is 0 Å². The second-order valence-corrected chi connectivity index (χ2v) is 9.70. The van der Waals surface area contributed by atoms with Crippen LogP contribution >= 0.6 is 0 Å². The SMILES string of the molecule is CCN(CC)c1ccc(C(c2ccc(N(CC)CC=O)c(C)c2)c2ccc(N(CC)CC=O)c(C)c2)cc1. The Hall–Kier alpha value is -3.60. The number of likely N-dealkylation sites (N-methyl/N-ethyl adjacent to an activating group) is 2. The highest BCUT2D eigenvalue weighted by Gasteiger charge is 2.20. The predicted molar refractivity (Wildman–Crippen MR) is 161 cm³/mol. The molecule has 0 heterocycles. The van der Waals surface area contributed by atoms with Crippen LogP contribution in [0.4, 0.5) is 17.1 Å². The molecule has 3 aromatic carbocycles. The number of hydrogen-bond acceptors (Lipinski definition) is 5. The molecule has 0 saturated heterocycles. The Labute approximate surface area is 229 Å². The second kappa shape index (κ2) is 13.8. The van der Waals surface area contributed by atoms with Gasteiger partial charge < -0.3 is 24.3 Å². The number of anilines is 3. The van der Waals surface area contributed by atoms with Crippen LogP contribution in [0.15, 0.2) is 60.7 Å². The van der Waals surface area contributed by atoms with E-state index in [1.165, 1.54) is 22.4 Å². The van der Waals surface area contributed by atoms with Gasteiger partial charge >= 0.3 is 0 Å². The van der Waals surface area contributed by atoms with E-state index in [2.05, 4.69) is 117 Å². The van der Waals surface area contributed by atoms with E-state index in [4.69, 9.17) is 0 Å². The van der Waals surface area contributed by atoms with Crippen molar-refractivity contribution in [1.82, 2.24) is 0 Å². The Bertz CT molecular complexity index is 1130. The molecule has 0 fully saturated rings. The lowest BCUT2D eigenvalue weighted by Gasteiger charge is -2.27. The van der Waals surface area contributed by atoms with E-state index in [9.17, 15) is 9.59 Å². The molecule has 0 aliphatic carbocycles. The zero-order chi connectivity index (χ0) is 27.7. The molecule has 0 atom stereocenters. The molecule has 5 heteroatoms. The van der Waals surface area contributed by atoms with Gasteiger partial charge in [-0.2, -0.15) is 0 Å². The van der Waals surface area contributed by atoms with E-state index in [0.29, 0.717) is 13.1 Å². The predicted octanol–water partition coefficient (Wildman–Crippen LogP) is 6.38.